The van der Waals surface area contributed by atoms with Gasteiger partial charge < -0.3 is 4.98 Å². The minimum atomic E-state index is -0.189. The Morgan fingerprint density at radius 1 is 1.27 bits per heavy atom. The summed E-state index contributed by atoms with van der Waals surface area (Å²) in [4.78, 5) is 24.8. The van der Waals surface area contributed by atoms with E-state index in [2.05, 4.69) is 23.8 Å². The number of fused-ring (bicyclic) bond motifs is 1. The van der Waals surface area contributed by atoms with Gasteiger partial charge in [0.25, 0.3) is 0 Å². The van der Waals surface area contributed by atoms with Crippen molar-refractivity contribution in [3.8, 4) is 0 Å². The van der Waals surface area contributed by atoms with Gasteiger partial charge in [-0.25, -0.2) is 9.78 Å². The van der Waals surface area contributed by atoms with Crippen molar-refractivity contribution in [1.82, 2.24) is 19.5 Å². The zero-order chi connectivity index (χ0) is 15.7. The first-order chi connectivity index (χ1) is 10.6. The quantitative estimate of drug-likeness (QED) is 0.692. The van der Waals surface area contributed by atoms with Crippen LogP contribution in [-0.4, -0.2) is 25.8 Å². The summed E-state index contributed by atoms with van der Waals surface area (Å²) in [6.45, 7) is 5.02. The molecule has 3 rings (SSSR count). The number of nitrogens with zero attached hydrogens (tertiary/aromatic N) is 3. The molecule has 0 unspecified atom stereocenters. The fourth-order valence-corrected chi connectivity index (χ4v) is 3.95. The Labute approximate surface area is 134 Å². The number of thioether (sulfide) groups is 1. The first kappa shape index (κ1) is 15.6. The van der Waals surface area contributed by atoms with Crippen LogP contribution in [0.2, 0.25) is 0 Å². The molecule has 1 saturated carbocycles. The standard InChI is InChI=1S/C16H24N4OS/c1-4-10-20-12-11(13(22-3)19-15(20)21)17-14(18-12)16(2)8-6-5-7-9-16/h4-10H2,1-3H3,(H,17,18). The number of rotatable bonds is 4. The molecule has 0 atom stereocenters. The van der Waals surface area contributed by atoms with E-state index < -0.39 is 0 Å². The smallest absolute Gasteiger partial charge is 0.338 e. The van der Waals surface area contributed by atoms with Gasteiger partial charge in [-0.05, 0) is 25.5 Å². The lowest BCUT2D eigenvalue weighted by atomic mass is 9.75. The predicted octanol–water partition coefficient (Wildman–Crippen LogP) is 3.47. The van der Waals surface area contributed by atoms with Crippen molar-refractivity contribution in [2.45, 2.75) is 69.4 Å². The summed E-state index contributed by atoms with van der Waals surface area (Å²) in [5.74, 6) is 1.02. The fraction of sp³-hybridized carbons (Fsp3) is 0.688. The Morgan fingerprint density at radius 2 is 2.00 bits per heavy atom. The van der Waals surface area contributed by atoms with Gasteiger partial charge in [-0.1, -0.05) is 33.1 Å². The molecule has 0 bridgehead atoms. The highest BCUT2D eigenvalue weighted by Crippen LogP contribution is 2.38. The van der Waals surface area contributed by atoms with E-state index in [1.54, 1.807) is 4.57 Å². The van der Waals surface area contributed by atoms with Gasteiger partial charge in [0, 0.05) is 12.0 Å². The molecule has 2 heterocycles. The van der Waals surface area contributed by atoms with Gasteiger partial charge in [0.1, 0.15) is 16.4 Å². The second-order valence-electron chi connectivity index (χ2n) is 6.46. The molecule has 0 aromatic carbocycles. The molecule has 5 nitrogen and oxygen atoms in total. The summed E-state index contributed by atoms with van der Waals surface area (Å²) in [7, 11) is 0. The highest BCUT2D eigenvalue weighted by Gasteiger charge is 2.32. The molecular formula is C16H24N4OS. The van der Waals surface area contributed by atoms with Gasteiger partial charge in [0.2, 0.25) is 0 Å². The average Bonchev–Trinajstić information content (AvgIpc) is 2.96. The molecule has 6 heteroatoms. The molecule has 0 amide bonds. The number of hydrogen-bond acceptors (Lipinski definition) is 4. The van der Waals surface area contributed by atoms with Crippen LogP contribution in [0.1, 0.15) is 58.2 Å². The van der Waals surface area contributed by atoms with E-state index in [4.69, 9.17) is 4.98 Å². The number of H-pyrrole nitrogens is 1. The number of imidazole rings is 1. The van der Waals surface area contributed by atoms with E-state index in [1.165, 1.54) is 31.0 Å². The molecule has 0 saturated heterocycles. The van der Waals surface area contributed by atoms with Crippen molar-refractivity contribution < 1.29 is 0 Å². The Balaban J connectivity index is 2.18. The van der Waals surface area contributed by atoms with Crippen molar-refractivity contribution in [3.63, 3.8) is 0 Å². The zero-order valence-electron chi connectivity index (χ0n) is 13.6. The highest BCUT2D eigenvalue weighted by atomic mass is 32.2. The van der Waals surface area contributed by atoms with Crippen LogP contribution < -0.4 is 5.69 Å². The third-order valence-corrected chi connectivity index (χ3v) is 5.43. The van der Waals surface area contributed by atoms with Crippen LogP contribution >= 0.6 is 11.8 Å². The van der Waals surface area contributed by atoms with E-state index in [1.807, 2.05) is 6.26 Å². The number of aromatic amines is 1. The number of hydrogen-bond donors (Lipinski definition) is 1. The summed E-state index contributed by atoms with van der Waals surface area (Å²) in [6, 6.07) is 0. The maximum atomic E-state index is 12.3. The summed E-state index contributed by atoms with van der Waals surface area (Å²) >= 11 is 1.50. The molecule has 2 aromatic rings. The van der Waals surface area contributed by atoms with Crippen molar-refractivity contribution >= 4 is 22.9 Å². The normalized spacial score (nSPS) is 18.0. The second kappa shape index (κ2) is 6.07. The first-order valence-corrected chi connectivity index (χ1v) is 9.36. The maximum Gasteiger partial charge on any atom is 0.350 e. The summed E-state index contributed by atoms with van der Waals surface area (Å²) in [6.07, 6.45) is 8.99. The Hall–Kier alpha value is -1.30. The number of aryl methyl sites for hydroxylation is 1. The molecule has 1 aliphatic carbocycles. The highest BCUT2D eigenvalue weighted by molar-refractivity contribution is 7.98. The number of nitrogens with one attached hydrogen (secondary N) is 1. The SMILES string of the molecule is CCCn1c(=O)nc(SC)c2[nH]c(C3(C)CCCCC3)nc21. The van der Waals surface area contributed by atoms with E-state index in [-0.39, 0.29) is 11.1 Å². The maximum absolute atomic E-state index is 12.3. The van der Waals surface area contributed by atoms with Gasteiger partial charge in [-0.2, -0.15) is 4.98 Å². The van der Waals surface area contributed by atoms with E-state index in [0.717, 1.165) is 41.3 Å². The molecule has 0 aliphatic heterocycles. The van der Waals surface area contributed by atoms with Crippen LogP contribution in [0.25, 0.3) is 11.2 Å². The van der Waals surface area contributed by atoms with E-state index >= 15 is 0 Å². The minimum Gasteiger partial charge on any atom is -0.338 e. The molecule has 22 heavy (non-hydrogen) atoms. The molecule has 120 valence electrons. The third kappa shape index (κ3) is 2.57. The van der Waals surface area contributed by atoms with Crippen LogP contribution in [0, 0.1) is 0 Å². The van der Waals surface area contributed by atoms with Gasteiger partial charge in [0.05, 0.1) is 0 Å². The topological polar surface area (TPSA) is 63.6 Å². The van der Waals surface area contributed by atoms with Gasteiger partial charge in [0.15, 0.2) is 5.65 Å². The van der Waals surface area contributed by atoms with E-state index in [0.29, 0.717) is 6.54 Å². The lowest BCUT2D eigenvalue weighted by Gasteiger charge is -2.31. The molecule has 0 spiro atoms. The van der Waals surface area contributed by atoms with E-state index in [9.17, 15) is 4.79 Å². The van der Waals surface area contributed by atoms with Crippen molar-refractivity contribution in [2.75, 3.05) is 6.26 Å². The summed E-state index contributed by atoms with van der Waals surface area (Å²) < 4.78 is 1.71. The van der Waals surface area contributed by atoms with Crippen LogP contribution in [0.5, 0.6) is 0 Å². The Kier molecular flexibility index (Phi) is 4.30. The Morgan fingerprint density at radius 3 is 2.64 bits per heavy atom. The van der Waals surface area contributed by atoms with Gasteiger partial charge in [-0.3, -0.25) is 4.57 Å². The lowest BCUT2D eigenvalue weighted by Crippen LogP contribution is -2.26. The van der Waals surface area contributed by atoms with Gasteiger partial charge >= 0.3 is 5.69 Å². The van der Waals surface area contributed by atoms with Gasteiger partial charge in [-0.15, -0.1) is 11.8 Å². The lowest BCUT2D eigenvalue weighted by molar-refractivity contribution is 0.306. The average molecular weight is 320 g/mol. The molecule has 0 radical (unpaired) electrons. The molecule has 1 N–H and O–H groups in total. The van der Waals surface area contributed by atoms with Crippen LogP contribution in [0.15, 0.2) is 9.82 Å². The molecular weight excluding hydrogens is 296 g/mol. The molecule has 1 aliphatic rings. The number of aromatic nitrogens is 4. The predicted molar refractivity (Wildman–Crippen MR) is 90.7 cm³/mol. The largest absolute Gasteiger partial charge is 0.350 e. The van der Waals surface area contributed by atoms with Crippen molar-refractivity contribution in [3.05, 3.63) is 16.3 Å². The zero-order valence-corrected chi connectivity index (χ0v) is 14.4. The van der Waals surface area contributed by atoms with Crippen molar-refractivity contribution in [1.29, 1.82) is 0 Å². The summed E-state index contributed by atoms with van der Waals surface area (Å²) in [5.41, 5.74) is 1.60. The summed E-state index contributed by atoms with van der Waals surface area (Å²) in [5, 5.41) is 0.755. The fourth-order valence-electron chi connectivity index (χ4n) is 3.43. The molecule has 1 fully saturated rings. The monoisotopic (exact) mass is 320 g/mol. The Bertz CT molecular complexity index is 728. The second-order valence-corrected chi connectivity index (χ2v) is 7.26. The van der Waals surface area contributed by atoms with Crippen molar-refractivity contribution in [2.24, 2.45) is 0 Å². The van der Waals surface area contributed by atoms with Crippen LogP contribution in [0.4, 0.5) is 0 Å². The minimum absolute atomic E-state index is 0.0973. The third-order valence-electron chi connectivity index (χ3n) is 4.75. The van der Waals surface area contributed by atoms with Crippen LogP contribution in [0.3, 0.4) is 0 Å². The molecule has 2 aromatic heterocycles. The first-order valence-electron chi connectivity index (χ1n) is 8.14. The van der Waals surface area contributed by atoms with Crippen LogP contribution in [-0.2, 0) is 12.0 Å².